The topological polar surface area (TPSA) is 75.1 Å². The molecule has 7 heteroatoms. The average Bonchev–Trinajstić information content (AvgIpc) is 2.68. The van der Waals surface area contributed by atoms with E-state index in [9.17, 15) is 5.11 Å². The lowest BCUT2D eigenvalue weighted by Gasteiger charge is -2.21. The Hall–Kier alpha value is -2.44. The number of aliphatic hydroxyl groups is 1. The van der Waals surface area contributed by atoms with E-state index < -0.39 is 6.10 Å². The molecule has 1 atom stereocenters. The summed E-state index contributed by atoms with van der Waals surface area (Å²) in [6.07, 6.45) is -0.613. The molecule has 0 amide bonds. The maximum absolute atomic E-state index is 10.2. The van der Waals surface area contributed by atoms with Gasteiger partial charge in [0, 0.05) is 20.1 Å². The van der Waals surface area contributed by atoms with E-state index in [1.54, 1.807) is 7.05 Å². The summed E-state index contributed by atoms with van der Waals surface area (Å²) >= 11 is 6.26. The van der Waals surface area contributed by atoms with E-state index in [1.807, 2.05) is 42.5 Å². The predicted molar refractivity (Wildman–Crippen MR) is 102 cm³/mol. The normalized spacial score (nSPS) is 14.7. The molecule has 1 aliphatic heterocycles. The van der Waals surface area contributed by atoms with Crippen molar-refractivity contribution in [2.75, 3.05) is 26.8 Å². The van der Waals surface area contributed by atoms with Crippen molar-refractivity contribution < 1.29 is 14.6 Å². The molecule has 138 valence electrons. The first-order chi connectivity index (χ1) is 12.7. The lowest BCUT2D eigenvalue weighted by molar-refractivity contribution is 0.171. The maximum Gasteiger partial charge on any atom is 0.191 e. The third-order valence-electron chi connectivity index (χ3n) is 3.99. The van der Waals surface area contributed by atoms with Crippen molar-refractivity contribution in [3.63, 3.8) is 0 Å². The largest absolute Gasteiger partial charge is 0.486 e. The van der Waals surface area contributed by atoms with Crippen molar-refractivity contribution in [1.82, 2.24) is 10.6 Å². The third-order valence-corrected chi connectivity index (χ3v) is 4.27. The summed E-state index contributed by atoms with van der Waals surface area (Å²) in [5.74, 6) is 1.84. The minimum absolute atomic E-state index is 0.353. The van der Waals surface area contributed by atoms with Crippen LogP contribution in [-0.2, 0) is 6.54 Å². The average molecular weight is 376 g/mol. The lowest BCUT2D eigenvalue weighted by Crippen LogP contribution is -2.39. The van der Waals surface area contributed by atoms with Gasteiger partial charge in [0.15, 0.2) is 17.5 Å². The minimum atomic E-state index is -0.613. The van der Waals surface area contributed by atoms with Gasteiger partial charge in [-0.25, -0.2) is 0 Å². The van der Waals surface area contributed by atoms with Crippen LogP contribution < -0.4 is 20.1 Å². The van der Waals surface area contributed by atoms with Gasteiger partial charge in [0.2, 0.25) is 0 Å². The van der Waals surface area contributed by atoms with E-state index in [4.69, 9.17) is 21.1 Å². The molecule has 0 saturated carbocycles. The first kappa shape index (κ1) is 18.4. The monoisotopic (exact) mass is 375 g/mol. The van der Waals surface area contributed by atoms with Gasteiger partial charge in [-0.15, -0.1) is 0 Å². The van der Waals surface area contributed by atoms with Crippen LogP contribution in [0.3, 0.4) is 0 Å². The van der Waals surface area contributed by atoms with Crippen molar-refractivity contribution in [2.24, 2.45) is 4.99 Å². The summed E-state index contributed by atoms with van der Waals surface area (Å²) in [6, 6.07) is 13.2. The molecule has 6 nitrogen and oxygen atoms in total. The minimum Gasteiger partial charge on any atom is -0.486 e. The lowest BCUT2D eigenvalue weighted by atomic mass is 10.1. The molecular formula is C19H22ClN3O3. The first-order valence-electron chi connectivity index (χ1n) is 8.43. The molecule has 1 heterocycles. The molecule has 3 rings (SSSR count). The van der Waals surface area contributed by atoms with Gasteiger partial charge >= 0.3 is 0 Å². The number of ether oxygens (including phenoxy) is 2. The highest BCUT2D eigenvalue weighted by molar-refractivity contribution is 6.32. The summed E-state index contributed by atoms with van der Waals surface area (Å²) in [7, 11) is 1.68. The Morgan fingerprint density at radius 3 is 2.73 bits per heavy atom. The van der Waals surface area contributed by atoms with E-state index in [-0.39, 0.29) is 0 Å². The Balaban J connectivity index is 1.55. The van der Waals surface area contributed by atoms with Gasteiger partial charge in [0.25, 0.3) is 0 Å². The molecular weight excluding hydrogens is 354 g/mol. The van der Waals surface area contributed by atoms with Crippen LogP contribution in [0, 0.1) is 0 Å². The van der Waals surface area contributed by atoms with Gasteiger partial charge in [-0.1, -0.05) is 41.9 Å². The number of fused-ring (bicyclic) bond motifs is 1. The van der Waals surface area contributed by atoms with Crippen molar-refractivity contribution in [3.05, 3.63) is 58.6 Å². The molecule has 1 unspecified atom stereocenters. The Morgan fingerprint density at radius 1 is 1.19 bits per heavy atom. The van der Waals surface area contributed by atoms with Crippen LogP contribution in [0.4, 0.5) is 0 Å². The first-order valence-corrected chi connectivity index (χ1v) is 8.80. The molecule has 2 aromatic carbocycles. The number of halogens is 1. The highest BCUT2D eigenvalue weighted by Gasteiger charge is 2.16. The van der Waals surface area contributed by atoms with E-state index in [0.29, 0.717) is 48.8 Å². The van der Waals surface area contributed by atoms with E-state index >= 15 is 0 Å². The standard InChI is InChI=1S/C19H22ClN3O3/c1-21-19(23-12-16(24)14-5-3-2-4-6-14)22-11-13-9-15(20)18-17(10-13)25-7-8-26-18/h2-6,9-10,16,24H,7-8,11-12H2,1H3,(H2,21,22,23). The number of hydrogen-bond donors (Lipinski definition) is 3. The smallest absolute Gasteiger partial charge is 0.191 e. The van der Waals surface area contributed by atoms with Gasteiger partial charge < -0.3 is 25.2 Å². The molecule has 0 spiro atoms. The van der Waals surface area contributed by atoms with Crippen LogP contribution in [0.15, 0.2) is 47.5 Å². The molecule has 0 radical (unpaired) electrons. The second kappa shape index (κ2) is 8.78. The molecule has 3 N–H and O–H groups in total. The SMILES string of the molecule is CN=C(NCc1cc(Cl)c2c(c1)OCCO2)NCC(O)c1ccccc1. The quantitative estimate of drug-likeness (QED) is 0.553. The molecule has 0 aromatic heterocycles. The molecule has 1 aliphatic rings. The van der Waals surface area contributed by atoms with Crippen LogP contribution in [-0.4, -0.2) is 37.9 Å². The number of hydrogen-bond acceptors (Lipinski definition) is 4. The van der Waals surface area contributed by atoms with Crippen LogP contribution in [0.2, 0.25) is 5.02 Å². The third kappa shape index (κ3) is 4.59. The molecule has 2 aromatic rings. The number of guanidine groups is 1. The second-order valence-electron chi connectivity index (χ2n) is 5.83. The summed E-state index contributed by atoms with van der Waals surface area (Å²) in [5, 5.41) is 17.1. The fraction of sp³-hybridized carbons (Fsp3) is 0.316. The zero-order valence-electron chi connectivity index (χ0n) is 14.5. The Kier molecular flexibility index (Phi) is 6.20. The molecule has 26 heavy (non-hydrogen) atoms. The van der Waals surface area contributed by atoms with Crippen LogP contribution >= 0.6 is 11.6 Å². The predicted octanol–water partition coefficient (Wildman–Crippen LogP) is 2.51. The Bertz CT molecular complexity index is 768. The zero-order chi connectivity index (χ0) is 18.4. The van der Waals surface area contributed by atoms with E-state index in [0.717, 1.165) is 11.1 Å². The highest BCUT2D eigenvalue weighted by Crippen LogP contribution is 2.38. The van der Waals surface area contributed by atoms with Crippen molar-refractivity contribution in [3.8, 4) is 11.5 Å². The zero-order valence-corrected chi connectivity index (χ0v) is 15.3. The van der Waals surface area contributed by atoms with Gasteiger partial charge in [0.05, 0.1) is 11.1 Å². The highest BCUT2D eigenvalue weighted by atomic mass is 35.5. The number of nitrogens with zero attached hydrogens (tertiary/aromatic N) is 1. The van der Waals surface area contributed by atoms with E-state index in [2.05, 4.69) is 15.6 Å². The van der Waals surface area contributed by atoms with Gasteiger partial charge in [-0.2, -0.15) is 0 Å². The Morgan fingerprint density at radius 2 is 1.96 bits per heavy atom. The van der Waals surface area contributed by atoms with Gasteiger partial charge in [0.1, 0.15) is 13.2 Å². The van der Waals surface area contributed by atoms with Crippen LogP contribution in [0.5, 0.6) is 11.5 Å². The van der Waals surface area contributed by atoms with Gasteiger partial charge in [-0.3, -0.25) is 4.99 Å². The van der Waals surface area contributed by atoms with Crippen LogP contribution in [0.1, 0.15) is 17.2 Å². The summed E-state index contributed by atoms with van der Waals surface area (Å²) in [6.45, 7) is 1.88. The summed E-state index contributed by atoms with van der Waals surface area (Å²) in [4.78, 5) is 4.17. The molecule has 0 saturated heterocycles. The van der Waals surface area contributed by atoms with Crippen molar-refractivity contribution in [1.29, 1.82) is 0 Å². The van der Waals surface area contributed by atoms with Crippen LogP contribution in [0.25, 0.3) is 0 Å². The molecule has 0 bridgehead atoms. The summed E-state index contributed by atoms with van der Waals surface area (Å²) < 4.78 is 11.1. The second-order valence-corrected chi connectivity index (χ2v) is 6.24. The van der Waals surface area contributed by atoms with E-state index in [1.165, 1.54) is 0 Å². The maximum atomic E-state index is 10.2. The number of rotatable bonds is 5. The Labute approximate surface area is 157 Å². The fourth-order valence-electron chi connectivity index (χ4n) is 2.66. The number of nitrogens with one attached hydrogen (secondary N) is 2. The molecule has 0 aliphatic carbocycles. The van der Waals surface area contributed by atoms with Crippen molar-refractivity contribution >= 4 is 17.6 Å². The number of benzene rings is 2. The number of aliphatic hydroxyl groups excluding tert-OH is 1. The number of aliphatic imine (C=N–C) groups is 1. The van der Waals surface area contributed by atoms with Crippen molar-refractivity contribution in [2.45, 2.75) is 12.6 Å². The molecule has 0 fully saturated rings. The summed E-state index contributed by atoms with van der Waals surface area (Å²) in [5.41, 5.74) is 1.81. The fourth-order valence-corrected chi connectivity index (χ4v) is 2.95. The van der Waals surface area contributed by atoms with Gasteiger partial charge in [-0.05, 0) is 23.3 Å².